The third-order valence-corrected chi connectivity index (χ3v) is 5.85. The van der Waals surface area contributed by atoms with Crippen molar-refractivity contribution in [1.29, 1.82) is 0 Å². The van der Waals surface area contributed by atoms with Gasteiger partial charge in [0, 0.05) is 17.1 Å². The molecule has 2 N–H and O–H groups in total. The quantitative estimate of drug-likeness (QED) is 0.487. The fraction of sp³-hybridized carbons (Fsp3) is 0.250. The van der Waals surface area contributed by atoms with Crippen LogP contribution in [0.1, 0.15) is 27.7 Å². The summed E-state index contributed by atoms with van der Waals surface area (Å²) in [5, 5.41) is 5.87. The van der Waals surface area contributed by atoms with Crippen LogP contribution in [0.2, 0.25) is 0 Å². The molecule has 162 valence electrons. The molecule has 3 aromatic rings. The van der Waals surface area contributed by atoms with Gasteiger partial charge in [-0.3, -0.25) is 14.5 Å². The number of thioether (sulfide) groups is 1. The number of benzene rings is 2. The largest absolute Gasteiger partial charge is 0.468 e. The fourth-order valence-corrected chi connectivity index (χ4v) is 3.91. The Balaban J connectivity index is 1.59. The summed E-state index contributed by atoms with van der Waals surface area (Å²) in [4.78, 5) is 27.9. The lowest BCUT2D eigenvalue weighted by Crippen LogP contribution is -2.34. The molecule has 0 aliphatic rings. The molecule has 0 aliphatic heterocycles. The Bertz CT molecular complexity index is 1000. The second-order valence-corrected chi connectivity index (χ2v) is 8.42. The predicted octanol–water partition coefficient (Wildman–Crippen LogP) is 4.35. The summed E-state index contributed by atoms with van der Waals surface area (Å²) in [5.74, 6) is 0.709. The average Bonchev–Trinajstić information content (AvgIpc) is 3.28. The number of carbonyl (C=O) groups excluding carboxylic acids is 2. The van der Waals surface area contributed by atoms with Gasteiger partial charge in [-0.25, -0.2) is 0 Å². The first-order chi connectivity index (χ1) is 14.9. The van der Waals surface area contributed by atoms with Crippen LogP contribution in [0.5, 0.6) is 0 Å². The number of nitrogens with zero attached hydrogens (tertiary/aromatic N) is 1. The van der Waals surface area contributed by atoms with E-state index in [-0.39, 0.29) is 23.6 Å². The summed E-state index contributed by atoms with van der Waals surface area (Å²) < 4.78 is 5.50. The molecule has 1 aromatic heterocycles. The van der Waals surface area contributed by atoms with E-state index in [0.717, 1.165) is 21.9 Å². The second-order valence-electron chi connectivity index (χ2n) is 7.40. The van der Waals surface area contributed by atoms with Crippen LogP contribution in [0.3, 0.4) is 0 Å². The molecule has 3 rings (SSSR count). The maximum absolute atomic E-state index is 12.9. The second kappa shape index (κ2) is 10.8. The zero-order valence-corrected chi connectivity index (χ0v) is 18.7. The van der Waals surface area contributed by atoms with E-state index in [1.807, 2.05) is 80.5 Å². The molecule has 0 radical (unpaired) electrons. The van der Waals surface area contributed by atoms with E-state index in [9.17, 15) is 9.59 Å². The van der Waals surface area contributed by atoms with Crippen LogP contribution in [0.4, 0.5) is 5.69 Å². The van der Waals surface area contributed by atoms with Crippen LogP contribution in [-0.2, 0) is 4.79 Å². The Kier molecular flexibility index (Phi) is 7.92. The van der Waals surface area contributed by atoms with Crippen molar-refractivity contribution in [1.82, 2.24) is 10.2 Å². The summed E-state index contributed by atoms with van der Waals surface area (Å²) in [7, 11) is 3.88. The lowest BCUT2D eigenvalue weighted by molar-refractivity contribution is -0.113. The smallest absolute Gasteiger partial charge is 0.252 e. The van der Waals surface area contributed by atoms with Crippen molar-refractivity contribution in [2.75, 3.05) is 31.7 Å². The van der Waals surface area contributed by atoms with E-state index >= 15 is 0 Å². The number of aryl methyl sites for hydroxylation is 1. The van der Waals surface area contributed by atoms with E-state index in [2.05, 4.69) is 10.6 Å². The Labute approximate surface area is 187 Å². The molecule has 0 bridgehead atoms. The zero-order chi connectivity index (χ0) is 22.2. The molecule has 1 heterocycles. The van der Waals surface area contributed by atoms with E-state index in [1.54, 1.807) is 12.3 Å². The van der Waals surface area contributed by atoms with Gasteiger partial charge in [0.15, 0.2) is 0 Å². The highest BCUT2D eigenvalue weighted by Gasteiger charge is 2.19. The molecule has 1 atom stereocenters. The number of nitrogens with one attached hydrogen (secondary N) is 2. The predicted molar refractivity (Wildman–Crippen MR) is 124 cm³/mol. The summed E-state index contributed by atoms with van der Waals surface area (Å²) in [6, 6.07) is 18.6. The lowest BCUT2D eigenvalue weighted by Gasteiger charge is -2.22. The van der Waals surface area contributed by atoms with Crippen LogP contribution in [0, 0.1) is 6.92 Å². The van der Waals surface area contributed by atoms with Gasteiger partial charge >= 0.3 is 0 Å². The zero-order valence-electron chi connectivity index (χ0n) is 17.9. The number of rotatable bonds is 9. The molecule has 0 spiro atoms. The topological polar surface area (TPSA) is 74.6 Å². The number of hydrogen-bond acceptors (Lipinski definition) is 5. The molecule has 0 saturated carbocycles. The highest BCUT2D eigenvalue weighted by atomic mass is 32.2. The van der Waals surface area contributed by atoms with E-state index in [0.29, 0.717) is 12.1 Å². The SMILES string of the molecule is Cc1ccc(NC(=O)CSc2ccccc2C(=O)NCC(c2ccco2)N(C)C)cc1. The first-order valence-corrected chi connectivity index (χ1v) is 11.0. The third-order valence-electron chi connectivity index (χ3n) is 4.78. The number of likely N-dealkylation sites (N-methyl/N-ethyl adjacent to an activating group) is 1. The Morgan fingerprint density at radius 1 is 1.03 bits per heavy atom. The van der Waals surface area contributed by atoms with Crippen molar-refractivity contribution in [2.24, 2.45) is 0 Å². The molecule has 7 heteroatoms. The number of carbonyl (C=O) groups is 2. The van der Waals surface area contributed by atoms with Crippen molar-refractivity contribution >= 4 is 29.3 Å². The van der Waals surface area contributed by atoms with Crippen molar-refractivity contribution in [3.63, 3.8) is 0 Å². The molecule has 6 nitrogen and oxygen atoms in total. The van der Waals surface area contributed by atoms with Crippen LogP contribution >= 0.6 is 11.8 Å². The van der Waals surface area contributed by atoms with Gasteiger partial charge < -0.3 is 15.1 Å². The molecule has 2 amide bonds. The van der Waals surface area contributed by atoms with E-state index in [4.69, 9.17) is 4.42 Å². The minimum atomic E-state index is -0.180. The molecular weight excluding hydrogens is 410 g/mol. The van der Waals surface area contributed by atoms with Gasteiger partial charge in [0.2, 0.25) is 5.91 Å². The van der Waals surface area contributed by atoms with Crippen molar-refractivity contribution in [3.8, 4) is 0 Å². The van der Waals surface area contributed by atoms with Crippen LogP contribution in [0.15, 0.2) is 76.2 Å². The molecule has 0 saturated heterocycles. The third kappa shape index (κ3) is 6.47. The minimum absolute atomic E-state index is 0.0703. The molecule has 0 aliphatic carbocycles. The fourth-order valence-electron chi connectivity index (χ4n) is 3.06. The van der Waals surface area contributed by atoms with E-state index in [1.165, 1.54) is 11.8 Å². The van der Waals surface area contributed by atoms with Gasteiger partial charge in [0.1, 0.15) is 5.76 Å². The first-order valence-electron chi connectivity index (χ1n) is 10.0. The van der Waals surface area contributed by atoms with Crippen molar-refractivity contribution in [3.05, 3.63) is 83.8 Å². The lowest BCUT2D eigenvalue weighted by atomic mass is 10.1. The number of hydrogen-bond donors (Lipinski definition) is 2. The van der Waals surface area contributed by atoms with Gasteiger partial charge in [0.05, 0.1) is 23.6 Å². The van der Waals surface area contributed by atoms with Gasteiger partial charge in [-0.2, -0.15) is 0 Å². The molecule has 2 aromatic carbocycles. The van der Waals surface area contributed by atoms with Gasteiger partial charge in [-0.05, 0) is 57.4 Å². The van der Waals surface area contributed by atoms with Gasteiger partial charge in [-0.15, -0.1) is 11.8 Å². The minimum Gasteiger partial charge on any atom is -0.468 e. The molecular formula is C24H27N3O3S. The van der Waals surface area contributed by atoms with Crippen LogP contribution < -0.4 is 10.6 Å². The highest BCUT2D eigenvalue weighted by molar-refractivity contribution is 8.00. The van der Waals surface area contributed by atoms with Gasteiger partial charge in [-0.1, -0.05) is 29.8 Å². The first kappa shape index (κ1) is 22.7. The Morgan fingerprint density at radius 3 is 2.45 bits per heavy atom. The number of furan rings is 1. The summed E-state index contributed by atoms with van der Waals surface area (Å²) in [6.45, 7) is 2.41. The van der Waals surface area contributed by atoms with Crippen LogP contribution in [-0.4, -0.2) is 43.1 Å². The van der Waals surface area contributed by atoms with E-state index < -0.39 is 0 Å². The summed E-state index contributed by atoms with van der Waals surface area (Å²) in [6.07, 6.45) is 1.63. The standard InChI is InChI=1S/C24H27N3O3S/c1-17-10-12-18(13-11-17)26-23(28)16-31-22-9-5-4-7-19(22)24(29)25-15-20(27(2)3)21-8-6-14-30-21/h4-14,20H,15-16H2,1-3H3,(H,25,29)(H,26,28). The Morgan fingerprint density at radius 2 is 1.77 bits per heavy atom. The molecule has 31 heavy (non-hydrogen) atoms. The number of anilines is 1. The Hall–Kier alpha value is -3.03. The average molecular weight is 438 g/mol. The van der Waals surface area contributed by atoms with Gasteiger partial charge in [0.25, 0.3) is 5.91 Å². The maximum atomic E-state index is 12.9. The monoisotopic (exact) mass is 437 g/mol. The normalized spacial score (nSPS) is 11.9. The van der Waals surface area contributed by atoms with Crippen molar-refractivity contribution in [2.45, 2.75) is 17.9 Å². The van der Waals surface area contributed by atoms with Crippen molar-refractivity contribution < 1.29 is 14.0 Å². The molecule has 0 fully saturated rings. The summed E-state index contributed by atoms with van der Waals surface area (Å²) >= 11 is 1.34. The molecule has 1 unspecified atom stereocenters. The number of amides is 2. The summed E-state index contributed by atoms with van der Waals surface area (Å²) in [5.41, 5.74) is 2.44. The highest BCUT2D eigenvalue weighted by Crippen LogP contribution is 2.24. The maximum Gasteiger partial charge on any atom is 0.252 e. The van der Waals surface area contributed by atoms with Crippen LogP contribution in [0.25, 0.3) is 0 Å².